The van der Waals surface area contributed by atoms with Crippen LogP contribution in [0.4, 0.5) is 4.79 Å². The molecule has 0 saturated heterocycles. The van der Waals surface area contributed by atoms with Gasteiger partial charge in [-0.05, 0) is 0 Å². The zero-order valence-corrected chi connectivity index (χ0v) is 9.51. The van der Waals surface area contributed by atoms with Crippen molar-refractivity contribution < 1.29 is 15.0 Å². The van der Waals surface area contributed by atoms with E-state index in [1.165, 1.54) is 0 Å². The van der Waals surface area contributed by atoms with Crippen molar-refractivity contribution in [2.24, 2.45) is 34.4 Å². The van der Waals surface area contributed by atoms with Gasteiger partial charge >= 0.3 is 6.16 Å². The first-order valence-corrected chi connectivity index (χ1v) is 4.60. The van der Waals surface area contributed by atoms with E-state index in [9.17, 15) is 0 Å². The number of carboxylic acid groups (broad SMARTS) is 2. The highest BCUT2D eigenvalue weighted by atomic mass is 16.6. The summed E-state index contributed by atoms with van der Waals surface area (Å²) in [5, 5.41) is 13.9. The van der Waals surface area contributed by atoms with E-state index in [4.69, 9.17) is 49.4 Å². The van der Waals surface area contributed by atoms with Gasteiger partial charge in [-0.3, -0.25) is 0 Å². The molecule has 0 aliphatic rings. The molecule has 9 nitrogen and oxygen atoms in total. The Balaban J connectivity index is -0.0000000600. The van der Waals surface area contributed by atoms with Gasteiger partial charge < -0.3 is 44.6 Å². The molecule has 14 N–H and O–H groups in total. The lowest BCUT2D eigenvalue weighted by Gasteiger charge is -1.72. The minimum atomic E-state index is -1.83. The van der Waals surface area contributed by atoms with Gasteiger partial charge in [0.1, 0.15) is 0 Å². The molecule has 102 valence electrons. The van der Waals surface area contributed by atoms with E-state index in [0.717, 1.165) is 0 Å². The normalized spacial score (nSPS) is 7.12. The van der Waals surface area contributed by atoms with Crippen molar-refractivity contribution in [1.29, 1.82) is 0 Å². The topological polar surface area (TPSA) is 214 Å². The average molecular weight is 242 g/mol. The Hall–Kier alpha value is -0.970. The fraction of sp³-hybridized carbons (Fsp3) is 0.857. The van der Waals surface area contributed by atoms with E-state index in [1.807, 2.05) is 0 Å². The SMILES string of the molecule is NCCN.NCCN.NCCN.O=C(O)O. The Kier molecular flexibility index (Phi) is 56.1. The van der Waals surface area contributed by atoms with Crippen molar-refractivity contribution in [3.63, 3.8) is 0 Å². The molecule has 0 aliphatic heterocycles. The van der Waals surface area contributed by atoms with E-state index in [0.29, 0.717) is 39.3 Å². The van der Waals surface area contributed by atoms with Crippen LogP contribution in [0.15, 0.2) is 0 Å². The molecular formula is C7H26N6O3. The molecule has 0 rings (SSSR count). The lowest BCUT2D eigenvalue weighted by molar-refractivity contribution is 0.137. The van der Waals surface area contributed by atoms with Gasteiger partial charge in [0.2, 0.25) is 0 Å². The van der Waals surface area contributed by atoms with Crippen LogP contribution in [0.2, 0.25) is 0 Å². The van der Waals surface area contributed by atoms with Gasteiger partial charge in [0, 0.05) is 39.3 Å². The highest BCUT2D eigenvalue weighted by molar-refractivity contribution is 5.53. The highest BCUT2D eigenvalue weighted by Gasteiger charge is 1.70. The molecule has 0 bridgehead atoms. The van der Waals surface area contributed by atoms with Gasteiger partial charge in [0.25, 0.3) is 0 Å². The fourth-order valence-corrected chi connectivity index (χ4v) is 0. The van der Waals surface area contributed by atoms with Crippen LogP contribution >= 0.6 is 0 Å². The van der Waals surface area contributed by atoms with Crippen LogP contribution in [-0.4, -0.2) is 55.6 Å². The van der Waals surface area contributed by atoms with Crippen LogP contribution < -0.4 is 34.4 Å². The zero-order valence-electron chi connectivity index (χ0n) is 9.51. The summed E-state index contributed by atoms with van der Waals surface area (Å²) in [6, 6.07) is 0. The summed E-state index contributed by atoms with van der Waals surface area (Å²) in [5.41, 5.74) is 29.4. The minimum Gasteiger partial charge on any atom is -0.450 e. The summed E-state index contributed by atoms with van der Waals surface area (Å²) in [6.45, 7) is 3.58. The Morgan fingerprint density at radius 2 is 0.688 bits per heavy atom. The Morgan fingerprint density at radius 3 is 0.688 bits per heavy atom. The average Bonchev–Trinajstić information content (AvgIpc) is 2.28. The molecule has 0 radical (unpaired) electrons. The second-order valence-electron chi connectivity index (χ2n) is 2.01. The van der Waals surface area contributed by atoms with Gasteiger partial charge in [-0.2, -0.15) is 0 Å². The number of rotatable bonds is 3. The molecule has 0 amide bonds. The smallest absolute Gasteiger partial charge is 0.450 e. The molecule has 0 aromatic rings. The molecule has 0 aliphatic carbocycles. The lowest BCUT2D eigenvalue weighted by atomic mass is 10.7. The maximum Gasteiger partial charge on any atom is 0.503 e. The number of carbonyl (C=O) groups is 1. The van der Waals surface area contributed by atoms with E-state index < -0.39 is 6.16 Å². The second kappa shape index (κ2) is 36.9. The molecule has 0 saturated carbocycles. The molecular weight excluding hydrogens is 216 g/mol. The molecule has 9 heteroatoms. The number of nitrogens with two attached hydrogens (primary N) is 6. The second-order valence-corrected chi connectivity index (χ2v) is 2.01. The molecule has 0 unspecified atom stereocenters. The van der Waals surface area contributed by atoms with Crippen molar-refractivity contribution in [3.05, 3.63) is 0 Å². The number of hydrogen-bond acceptors (Lipinski definition) is 7. The van der Waals surface area contributed by atoms with Crippen molar-refractivity contribution in [2.45, 2.75) is 0 Å². The largest absolute Gasteiger partial charge is 0.503 e. The van der Waals surface area contributed by atoms with Crippen LogP contribution in [0.25, 0.3) is 0 Å². The third-order valence-electron chi connectivity index (χ3n) is 0.500. The first-order chi connectivity index (χ1) is 7.47. The molecule has 0 atom stereocenters. The van der Waals surface area contributed by atoms with Crippen LogP contribution in [0.1, 0.15) is 0 Å². The van der Waals surface area contributed by atoms with Crippen LogP contribution in [0.5, 0.6) is 0 Å². The van der Waals surface area contributed by atoms with Crippen LogP contribution in [0, 0.1) is 0 Å². The third-order valence-corrected chi connectivity index (χ3v) is 0.500. The van der Waals surface area contributed by atoms with Crippen molar-refractivity contribution in [1.82, 2.24) is 0 Å². The lowest BCUT2D eigenvalue weighted by Crippen LogP contribution is -2.11. The Bertz CT molecular complexity index is 86.6. The standard InChI is InChI=1S/3C2H8N2.CH2O3/c3*3-1-2-4;2-1(3)4/h3*1-4H2;(H2,2,3,4). The Morgan fingerprint density at radius 1 is 0.625 bits per heavy atom. The van der Waals surface area contributed by atoms with Gasteiger partial charge in [-0.1, -0.05) is 0 Å². The fourth-order valence-electron chi connectivity index (χ4n) is 0. The minimum absolute atomic E-state index is 0.597. The van der Waals surface area contributed by atoms with Crippen molar-refractivity contribution >= 4 is 6.16 Å². The molecule has 0 aromatic carbocycles. The van der Waals surface area contributed by atoms with Gasteiger partial charge in [0.15, 0.2) is 0 Å². The molecule has 0 aromatic heterocycles. The maximum absolute atomic E-state index is 8.56. The van der Waals surface area contributed by atoms with Crippen LogP contribution in [0.3, 0.4) is 0 Å². The van der Waals surface area contributed by atoms with Gasteiger partial charge in [0.05, 0.1) is 0 Å². The van der Waals surface area contributed by atoms with E-state index >= 15 is 0 Å². The van der Waals surface area contributed by atoms with Crippen molar-refractivity contribution in [3.8, 4) is 0 Å². The van der Waals surface area contributed by atoms with E-state index in [-0.39, 0.29) is 0 Å². The highest BCUT2D eigenvalue weighted by Crippen LogP contribution is 1.42. The molecule has 16 heavy (non-hydrogen) atoms. The first kappa shape index (κ1) is 24.3. The van der Waals surface area contributed by atoms with E-state index in [2.05, 4.69) is 0 Å². The van der Waals surface area contributed by atoms with Crippen molar-refractivity contribution in [2.75, 3.05) is 39.3 Å². The zero-order chi connectivity index (χ0) is 13.8. The van der Waals surface area contributed by atoms with Gasteiger partial charge in [-0.25, -0.2) is 4.79 Å². The Labute approximate surface area is 95.7 Å². The maximum atomic E-state index is 8.56. The summed E-state index contributed by atoms with van der Waals surface area (Å²) in [5.74, 6) is 0. The monoisotopic (exact) mass is 242 g/mol. The molecule has 0 fully saturated rings. The summed E-state index contributed by atoms with van der Waals surface area (Å²) in [4.78, 5) is 8.56. The van der Waals surface area contributed by atoms with E-state index in [1.54, 1.807) is 0 Å². The van der Waals surface area contributed by atoms with Crippen LogP contribution in [-0.2, 0) is 0 Å². The summed E-state index contributed by atoms with van der Waals surface area (Å²) in [7, 11) is 0. The quantitative estimate of drug-likeness (QED) is 0.251. The van der Waals surface area contributed by atoms with Gasteiger partial charge in [-0.15, -0.1) is 0 Å². The first-order valence-electron chi connectivity index (χ1n) is 4.60. The molecule has 0 heterocycles. The summed E-state index contributed by atoms with van der Waals surface area (Å²) >= 11 is 0. The summed E-state index contributed by atoms with van der Waals surface area (Å²) in [6.07, 6.45) is -1.83. The number of hydrogen-bond donors (Lipinski definition) is 8. The summed E-state index contributed by atoms with van der Waals surface area (Å²) < 4.78 is 0. The predicted molar refractivity (Wildman–Crippen MR) is 65.0 cm³/mol. The third kappa shape index (κ3) is 458. The predicted octanol–water partition coefficient (Wildman–Crippen LogP) is -3.07. The molecule has 0 spiro atoms.